The molecule has 2 aromatic carbocycles. The Kier molecular flexibility index (Phi) is 19.3. The number of rotatable bonds is 18. The van der Waals surface area contributed by atoms with Crippen molar-refractivity contribution in [3.8, 4) is 0 Å². The number of carboxylic acid groups (broad SMARTS) is 2. The van der Waals surface area contributed by atoms with Gasteiger partial charge in [0.05, 0.1) is 48.8 Å². The van der Waals surface area contributed by atoms with Crippen LogP contribution in [0.2, 0.25) is 0 Å². The molecule has 57 heavy (non-hydrogen) atoms. The number of imidazole rings is 2. The van der Waals surface area contributed by atoms with Crippen LogP contribution in [0, 0.1) is 0 Å². The molecule has 0 saturated carbocycles. The first kappa shape index (κ1) is 47.3. The Morgan fingerprint density at radius 2 is 0.877 bits per heavy atom. The fourth-order valence-corrected chi connectivity index (χ4v) is 5.24. The van der Waals surface area contributed by atoms with Crippen LogP contribution in [-0.2, 0) is 85.6 Å². The largest absolute Gasteiger partial charge is 2.00 e. The third-order valence-corrected chi connectivity index (χ3v) is 8.52. The van der Waals surface area contributed by atoms with Crippen molar-refractivity contribution < 1.29 is 56.0 Å². The molecule has 0 bridgehead atoms. The molecule has 8 N–H and O–H groups in total. The molecule has 0 aliphatic carbocycles. The number of benzene rings is 2. The molecule has 18 nitrogen and oxygen atoms in total. The van der Waals surface area contributed by atoms with Crippen molar-refractivity contribution in [1.29, 1.82) is 0 Å². The van der Waals surface area contributed by atoms with E-state index in [-0.39, 0.29) is 42.8 Å². The number of carboxylic acids is 2. The number of nitrogens with two attached hydrogens (primary N) is 2. The SMILES string of the molecule is C[C@H](N)C(=O)N[C@@H](Cc1cncn1C)C(=O)N[C@@H](Cc1ccccc1)C(=O)[O-].C[C@H](N)C(=O)N[C@@H](Cc1cncn1C)C(=O)N[C@@H](Cc1ccccc1)C(=O)[O-].[Cu+2]. The number of nitrogens with zero attached hydrogens (tertiary/aromatic N) is 4. The first-order valence-corrected chi connectivity index (χ1v) is 17.7. The smallest absolute Gasteiger partial charge is 0.548 e. The second-order valence-corrected chi connectivity index (χ2v) is 13.2. The van der Waals surface area contributed by atoms with E-state index in [2.05, 4.69) is 31.2 Å². The van der Waals surface area contributed by atoms with Crippen LogP contribution in [0.25, 0.3) is 0 Å². The third kappa shape index (κ3) is 15.6. The summed E-state index contributed by atoms with van der Waals surface area (Å²) in [6.07, 6.45) is 6.66. The predicted molar refractivity (Wildman–Crippen MR) is 199 cm³/mol. The van der Waals surface area contributed by atoms with E-state index in [0.29, 0.717) is 11.4 Å². The Bertz CT molecular complexity index is 1780. The number of aliphatic carboxylic acids is 2. The van der Waals surface area contributed by atoms with E-state index >= 15 is 0 Å². The monoisotopic (exact) mass is 835 g/mol. The van der Waals surface area contributed by atoms with Crippen LogP contribution in [0.4, 0.5) is 0 Å². The average Bonchev–Trinajstić information content (AvgIpc) is 3.77. The molecular formula is C38H48CuN10O8. The van der Waals surface area contributed by atoms with Crippen LogP contribution < -0.4 is 42.9 Å². The molecule has 0 aliphatic rings. The quantitative estimate of drug-likeness (QED) is 0.0534. The fourth-order valence-electron chi connectivity index (χ4n) is 5.24. The second-order valence-electron chi connectivity index (χ2n) is 13.2. The Morgan fingerprint density at radius 3 is 1.14 bits per heavy atom. The van der Waals surface area contributed by atoms with Crippen LogP contribution in [-0.4, -0.2) is 90.9 Å². The molecule has 2 aromatic heterocycles. The molecule has 0 fully saturated rings. The van der Waals surface area contributed by atoms with Crippen molar-refractivity contribution >= 4 is 35.6 Å². The average molecular weight is 836 g/mol. The van der Waals surface area contributed by atoms with Gasteiger partial charge >= 0.3 is 17.1 Å². The van der Waals surface area contributed by atoms with Gasteiger partial charge in [0.2, 0.25) is 23.6 Å². The number of nitrogens with one attached hydrogen (secondary N) is 4. The summed E-state index contributed by atoms with van der Waals surface area (Å²) >= 11 is 0. The zero-order valence-corrected chi connectivity index (χ0v) is 32.8. The van der Waals surface area contributed by atoms with Gasteiger partial charge in [0.25, 0.3) is 0 Å². The molecule has 0 spiro atoms. The van der Waals surface area contributed by atoms with Crippen molar-refractivity contribution in [3.63, 3.8) is 0 Å². The molecule has 19 heteroatoms. The summed E-state index contributed by atoms with van der Waals surface area (Å²) < 4.78 is 3.41. The second kappa shape index (κ2) is 23.2. The van der Waals surface area contributed by atoms with Gasteiger partial charge in [0, 0.05) is 50.7 Å². The van der Waals surface area contributed by atoms with E-state index in [9.17, 15) is 39.0 Å². The summed E-state index contributed by atoms with van der Waals surface area (Å²) in [5.74, 6) is -5.13. The van der Waals surface area contributed by atoms with E-state index in [1.807, 2.05) is 12.1 Å². The molecule has 4 amide bonds. The minimum absolute atomic E-state index is 0. The maximum absolute atomic E-state index is 12.8. The standard InChI is InChI=1S/2C19H25N5O4.Cu/c2*1-12(20)17(25)22-15(9-14-10-21-11-24(14)2)18(26)23-16(19(27)28)8-13-6-4-3-5-7-13;/h2*3-7,10-12,15-16H,8-9,20H2,1-2H3,(H,22,25)(H,23,26)(H,27,28);/q;;+2/p-2/t2*12-,15-,16-;/m00./s1. The van der Waals surface area contributed by atoms with Gasteiger partial charge < -0.3 is 61.7 Å². The minimum Gasteiger partial charge on any atom is -0.548 e. The topological polar surface area (TPSA) is 284 Å². The van der Waals surface area contributed by atoms with Crippen molar-refractivity contribution in [1.82, 2.24) is 40.4 Å². The summed E-state index contributed by atoms with van der Waals surface area (Å²) in [6, 6.07) is 11.6. The summed E-state index contributed by atoms with van der Waals surface area (Å²) in [7, 11) is 3.51. The normalized spacial score (nSPS) is 13.7. The van der Waals surface area contributed by atoms with E-state index in [0.717, 1.165) is 11.1 Å². The van der Waals surface area contributed by atoms with Gasteiger partial charge in [-0.1, -0.05) is 60.7 Å². The van der Waals surface area contributed by atoms with Crippen LogP contribution in [0.1, 0.15) is 36.4 Å². The molecule has 2 heterocycles. The van der Waals surface area contributed by atoms with E-state index in [1.54, 1.807) is 96.8 Å². The van der Waals surface area contributed by atoms with E-state index in [1.165, 1.54) is 13.8 Å². The van der Waals surface area contributed by atoms with Gasteiger partial charge in [-0.05, 0) is 37.8 Å². The zero-order valence-electron chi connectivity index (χ0n) is 31.9. The van der Waals surface area contributed by atoms with Crippen LogP contribution in [0.3, 0.4) is 0 Å². The van der Waals surface area contributed by atoms with Gasteiger partial charge in [-0.3, -0.25) is 19.2 Å². The Balaban J connectivity index is 0.000000387. The Hall–Kier alpha value is -5.88. The van der Waals surface area contributed by atoms with Gasteiger partial charge in [-0.2, -0.15) is 0 Å². The van der Waals surface area contributed by atoms with Crippen molar-refractivity contribution in [2.75, 3.05) is 0 Å². The maximum atomic E-state index is 12.8. The number of hydrogen-bond acceptors (Lipinski definition) is 12. The van der Waals surface area contributed by atoms with Crippen molar-refractivity contribution in [2.24, 2.45) is 25.6 Å². The number of aromatic nitrogens is 4. The van der Waals surface area contributed by atoms with Crippen LogP contribution >= 0.6 is 0 Å². The molecule has 4 rings (SSSR count). The molecule has 6 atom stereocenters. The molecule has 1 radical (unpaired) electrons. The first-order valence-electron chi connectivity index (χ1n) is 17.7. The van der Waals surface area contributed by atoms with E-state index in [4.69, 9.17) is 11.5 Å². The summed E-state index contributed by atoms with van der Waals surface area (Å²) in [4.78, 5) is 80.5. The predicted octanol–water partition coefficient (Wildman–Crippen LogP) is -3.46. The number of amides is 4. The van der Waals surface area contributed by atoms with Gasteiger partial charge in [-0.25, -0.2) is 9.97 Å². The summed E-state index contributed by atoms with van der Waals surface area (Å²) in [5.41, 5.74) is 14.0. The van der Waals surface area contributed by atoms with Gasteiger partial charge in [0.1, 0.15) is 12.1 Å². The minimum atomic E-state index is -1.41. The first-order chi connectivity index (χ1) is 26.5. The molecule has 4 aromatic rings. The fraction of sp³-hybridized carbons (Fsp3) is 0.368. The van der Waals surface area contributed by atoms with E-state index < -0.39 is 71.8 Å². The molecular weight excluding hydrogens is 788 g/mol. The molecule has 0 unspecified atom stereocenters. The number of carbonyl (C=O) groups is 6. The van der Waals surface area contributed by atoms with Crippen LogP contribution in [0.15, 0.2) is 85.7 Å². The number of carbonyl (C=O) groups excluding carboxylic acids is 6. The van der Waals surface area contributed by atoms with Gasteiger partial charge in [0.15, 0.2) is 0 Å². The third-order valence-electron chi connectivity index (χ3n) is 8.52. The maximum Gasteiger partial charge on any atom is 2.00 e. The molecule has 309 valence electrons. The van der Waals surface area contributed by atoms with Crippen molar-refractivity contribution in [2.45, 2.75) is 75.8 Å². The van der Waals surface area contributed by atoms with Crippen molar-refractivity contribution in [3.05, 3.63) is 108 Å². The van der Waals surface area contributed by atoms with Crippen LogP contribution in [0.5, 0.6) is 0 Å². The van der Waals surface area contributed by atoms with Gasteiger partial charge in [-0.15, -0.1) is 0 Å². The molecule has 0 saturated heterocycles. The Morgan fingerprint density at radius 1 is 0.561 bits per heavy atom. The number of hydrogen-bond donors (Lipinski definition) is 6. The Labute approximate surface area is 340 Å². The molecule has 0 aliphatic heterocycles. The summed E-state index contributed by atoms with van der Waals surface area (Å²) in [5, 5.41) is 33.1. The number of aryl methyl sites for hydroxylation is 2. The summed E-state index contributed by atoms with van der Waals surface area (Å²) in [6.45, 7) is 2.99. The zero-order chi connectivity index (χ0) is 41.4.